The predicted octanol–water partition coefficient (Wildman–Crippen LogP) is 3.12. The molecule has 0 aliphatic rings. The van der Waals surface area contributed by atoms with Gasteiger partial charge in [-0.2, -0.15) is 5.26 Å². The molecule has 0 saturated heterocycles. The molecule has 0 aliphatic carbocycles. The highest BCUT2D eigenvalue weighted by molar-refractivity contribution is 5.77. The molecule has 0 heterocycles. The number of rotatable bonds is 5. The fraction of sp³-hybridized carbons (Fsp3) is 0.176. The fourth-order valence-corrected chi connectivity index (χ4v) is 1.85. The highest BCUT2D eigenvalue weighted by Crippen LogP contribution is 2.08. The van der Waals surface area contributed by atoms with Crippen LogP contribution in [-0.2, 0) is 6.42 Å². The second-order valence-electron chi connectivity index (χ2n) is 4.43. The molecule has 4 heteroatoms. The van der Waals surface area contributed by atoms with E-state index in [-0.39, 0.29) is 6.02 Å². The molecule has 2 aromatic rings. The number of nitrogens with zero attached hydrogens (tertiary/aromatic N) is 2. The lowest BCUT2D eigenvalue weighted by atomic mass is 10.1. The van der Waals surface area contributed by atoms with Crippen LogP contribution in [0.1, 0.15) is 12.0 Å². The zero-order valence-electron chi connectivity index (χ0n) is 11.7. The summed E-state index contributed by atoms with van der Waals surface area (Å²) in [5.74, 6) is 0.655. The van der Waals surface area contributed by atoms with Gasteiger partial charge in [0.2, 0.25) is 0 Å². The van der Waals surface area contributed by atoms with Crippen LogP contribution in [0.5, 0.6) is 5.75 Å². The Balaban J connectivity index is 1.85. The molecule has 2 rings (SSSR count). The summed E-state index contributed by atoms with van der Waals surface area (Å²) in [6, 6.07) is 19.8. The molecule has 0 aliphatic heterocycles. The van der Waals surface area contributed by atoms with E-state index < -0.39 is 0 Å². The van der Waals surface area contributed by atoms with Crippen molar-refractivity contribution in [2.75, 3.05) is 6.54 Å². The average molecular weight is 279 g/mol. The normalized spacial score (nSPS) is 10.7. The maximum atomic E-state index is 8.73. The topological polar surface area (TPSA) is 57.4 Å². The van der Waals surface area contributed by atoms with E-state index in [1.54, 1.807) is 0 Å². The number of nitriles is 1. The zero-order valence-corrected chi connectivity index (χ0v) is 11.7. The molecule has 0 fully saturated rings. The van der Waals surface area contributed by atoms with E-state index in [2.05, 4.69) is 22.4 Å². The van der Waals surface area contributed by atoms with E-state index in [0.29, 0.717) is 12.3 Å². The second kappa shape index (κ2) is 8.39. The van der Waals surface area contributed by atoms with Gasteiger partial charge < -0.3 is 4.74 Å². The van der Waals surface area contributed by atoms with E-state index in [9.17, 15) is 0 Å². The van der Waals surface area contributed by atoms with E-state index in [4.69, 9.17) is 10.00 Å². The predicted molar refractivity (Wildman–Crippen MR) is 82.9 cm³/mol. The van der Waals surface area contributed by atoms with Crippen molar-refractivity contribution >= 4 is 6.02 Å². The molecule has 0 unspecified atom stereocenters. The van der Waals surface area contributed by atoms with Crippen molar-refractivity contribution in [3.05, 3.63) is 66.2 Å². The molecule has 0 radical (unpaired) electrons. The van der Waals surface area contributed by atoms with E-state index in [0.717, 1.165) is 12.8 Å². The third-order valence-corrected chi connectivity index (χ3v) is 2.84. The number of hydrogen-bond acceptors (Lipinski definition) is 3. The van der Waals surface area contributed by atoms with Crippen LogP contribution in [0.2, 0.25) is 0 Å². The fourth-order valence-electron chi connectivity index (χ4n) is 1.85. The van der Waals surface area contributed by atoms with E-state index in [1.165, 1.54) is 5.56 Å². The van der Waals surface area contributed by atoms with Crippen molar-refractivity contribution in [3.63, 3.8) is 0 Å². The number of aliphatic imine (C=N–C) groups is 1. The van der Waals surface area contributed by atoms with E-state index >= 15 is 0 Å². The number of hydrogen-bond donors (Lipinski definition) is 1. The first-order valence-corrected chi connectivity index (χ1v) is 6.85. The van der Waals surface area contributed by atoms with Crippen molar-refractivity contribution < 1.29 is 4.74 Å². The molecule has 0 bridgehead atoms. The Morgan fingerprint density at radius 1 is 1.05 bits per heavy atom. The van der Waals surface area contributed by atoms with Gasteiger partial charge in [-0.1, -0.05) is 48.5 Å². The van der Waals surface area contributed by atoms with Crippen LogP contribution < -0.4 is 10.1 Å². The molecule has 2 aromatic carbocycles. The molecule has 0 spiro atoms. The van der Waals surface area contributed by atoms with Crippen LogP contribution in [-0.4, -0.2) is 12.6 Å². The minimum Gasteiger partial charge on any atom is -0.425 e. The monoisotopic (exact) mass is 279 g/mol. The van der Waals surface area contributed by atoms with Crippen LogP contribution in [0, 0.1) is 11.5 Å². The summed E-state index contributed by atoms with van der Waals surface area (Å²) in [5, 5.41) is 11.2. The Morgan fingerprint density at radius 3 is 2.38 bits per heavy atom. The summed E-state index contributed by atoms with van der Waals surface area (Å²) in [5.41, 5.74) is 1.28. The number of aryl methyl sites for hydroxylation is 1. The first-order valence-electron chi connectivity index (χ1n) is 6.85. The molecule has 106 valence electrons. The summed E-state index contributed by atoms with van der Waals surface area (Å²) < 4.78 is 5.52. The lowest BCUT2D eigenvalue weighted by Gasteiger charge is -2.06. The quantitative estimate of drug-likeness (QED) is 0.301. The molecule has 0 saturated carbocycles. The van der Waals surface area contributed by atoms with Gasteiger partial charge in [-0.15, -0.1) is 0 Å². The van der Waals surface area contributed by atoms with Gasteiger partial charge in [0.15, 0.2) is 6.19 Å². The maximum absolute atomic E-state index is 8.73. The summed E-state index contributed by atoms with van der Waals surface area (Å²) in [6.45, 7) is 0.603. The number of benzene rings is 2. The van der Waals surface area contributed by atoms with E-state index in [1.807, 2.05) is 54.7 Å². The third kappa shape index (κ3) is 5.37. The first-order chi connectivity index (χ1) is 10.4. The Bertz CT molecular complexity index is 603. The molecule has 21 heavy (non-hydrogen) atoms. The van der Waals surface area contributed by atoms with Crippen molar-refractivity contribution in [2.45, 2.75) is 12.8 Å². The second-order valence-corrected chi connectivity index (χ2v) is 4.43. The maximum Gasteiger partial charge on any atom is 0.303 e. The highest BCUT2D eigenvalue weighted by Gasteiger charge is 2.01. The van der Waals surface area contributed by atoms with Crippen molar-refractivity contribution in [1.82, 2.24) is 5.32 Å². The minimum absolute atomic E-state index is 0.233. The van der Waals surface area contributed by atoms with Crippen LogP contribution in [0.4, 0.5) is 0 Å². The van der Waals surface area contributed by atoms with Crippen molar-refractivity contribution in [2.24, 2.45) is 4.99 Å². The first kappa shape index (κ1) is 14.6. The Kier molecular flexibility index (Phi) is 5.83. The third-order valence-electron chi connectivity index (χ3n) is 2.84. The molecule has 4 nitrogen and oxygen atoms in total. The molecule has 0 aromatic heterocycles. The Hall–Kier alpha value is -2.80. The van der Waals surface area contributed by atoms with Gasteiger partial charge in [0.25, 0.3) is 0 Å². The highest BCUT2D eigenvalue weighted by atomic mass is 16.5. The van der Waals surface area contributed by atoms with Crippen LogP contribution in [0.3, 0.4) is 0 Å². The number of para-hydroxylation sites is 1. The summed E-state index contributed by atoms with van der Waals surface area (Å²) in [7, 11) is 0. The minimum atomic E-state index is 0.233. The standard InChI is InChI=1S/C17H17N3O/c18-14-20-17(21-16-11-5-2-6-12-16)19-13-7-10-15-8-3-1-4-9-15/h1-6,8-9,11-12H,7,10,13H2,(H,19,20). The molecular weight excluding hydrogens is 262 g/mol. The number of nitrogens with one attached hydrogen (secondary N) is 1. The zero-order chi connectivity index (χ0) is 14.8. The molecule has 0 atom stereocenters. The van der Waals surface area contributed by atoms with Gasteiger partial charge >= 0.3 is 6.02 Å². The van der Waals surface area contributed by atoms with Gasteiger partial charge in [0.1, 0.15) is 5.75 Å². The lowest BCUT2D eigenvalue weighted by molar-refractivity contribution is 0.525. The van der Waals surface area contributed by atoms with Crippen LogP contribution >= 0.6 is 0 Å². The van der Waals surface area contributed by atoms with Gasteiger partial charge in [-0.25, -0.2) is 10.3 Å². The Labute approximate surface area is 124 Å². The van der Waals surface area contributed by atoms with Gasteiger partial charge in [0.05, 0.1) is 0 Å². The summed E-state index contributed by atoms with van der Waals surface area (Å²) in [6.07, 6.45) is 3.70. The van der Waals surface area contributed by atoms with Crippen molar-refractivity contribution in [3.8, 4) is 11.9 Å². The van der Waals surface area contributed by atoms with Gasteiger partial charge in [-0.3, -0.25) is 0 Å². The largest absolute Gasteiger partial charge is 0.425 e. The molecule has 0 amide bonds. The van der Waals surface area contributed by atoms with Gasteiger partial charge in [-0.05, 0) is 30.5 Å². The summed E-state index contributed by atoms with van der Waals surface area (Å²) >= 11 is 0. The molecule has 1 N–H and O–H groups in total. The molecular formula is C17H17N3O. The number of amidine groups is 1. The Morgan fingerprint density at radius 2 is 1.71 bits per heavy atom. The number of ether oxygens (including phenoxy) is 1. The average Bonchev–Trinajstić information content (AvgIpc) is 2.54. The van der Waals surface area contributed by atoms with Crippen LogP contribution in [0.15, 0.2) is 65.7 Å². The van der Waals surface area contributed by atoms with Gasteiger partial charge in [0, 0.05) is 6.54 Å². The van der Waals surface area contributed by atoms with Crippen molar-refractivity contribution in [1.29, 1.82) is 5.26 Å². The lowest BCUT2D eigenvalue weighted by Crippen LogP contribution is -2.24. The van der Waals surface area contributed by atoms with Crippen LogP contribution in [0.25, 0.3) is 0 Å². The SMILES string of the molecule is N#CNC(=NCCCc1ccccc1)Oc1ccccc1. The summed E-state index contributed by atoms with van der Waals surface area (Å²) in [4.78, 5) is 4.28. The smallest absolute Gasteiger partial charge is 0.303 e.